The van der Waals surface area contributed by atoms with Crippen LogP contribution in [0.5, 0.6) is 0 Å². The Bertz CT molecular complexity index is 2760. The van der Waals surface area contributed by atoms with Crippen molar-refractivity contribution in [3.8, 4) is 45.0 Å². The third kappa shape index (κ3) is 4.03. The molecule has 0 saturated heterocycles. The number of nitrogens with zero attached hydrogens (tertiary/aromatic N) is 2. The number of hydrogen-bond donors (Lipinski definition) is 0. The minimum absolute atomic E-state index is 0.0242. The molecule has 0 fully saturated rings. The van der Waals surface area contributed by atoms with Crippen molar-refractivity contribution in [3.63, 3.8) is 0 Å². The van der Waals surface area contributed by atoms with Gasteiger partial charge in [0.05, 0.1) is 18.2 Å². The highest BCUT2D eigenvalue weighted by atomic mass is 32.1. The Kier molecular flexibility index (Phi) is 4.63. The van der Waals surface area contributed by atoms with Crippen molar-refractivity contribution in [3.05, 3.63) is 145 Å². The summed E-state index contributed by atoms with van der Waals surface area (Å²) >= 11 is 1.79. The molecule has 0 radical (unpaired) electrons. The molecule has 9 aromatic rings. The summed E-state index contributed by atoms with van der Waals surface area (Å²) in [5, 5.41) is 4.22. The first kappa shape index (κ1) is 20.3. The molecule has 0 N–H and O–H groups in total. The van der Waals surface area contributed by atoms with Crippen molar-refractivity contribution in [2.24, 2.45) is 0 Å². The standard InChI is InChI=1S/C40H24N2OS/c1-3-11-25(12-4-1)33-24-34(26-13-5-2-6-14-26)42-40(41-33)32-18-10-19-35-38(32)31-22-21-27(23-36(31)43-35)28-16-9-17-30-29-15-7-8-20-37(29)44-39(28)30/h1-24H/i1D,3D,4D,11D,12D. The molecule has 0 aliphatic heterocycles. The minimum Gasteiger partial charge on any atom is -0.456 e. The largest absolute Gasteiger partial charge is 0.456 e. The van der Waals surface area contributed by atoms with Gasteiger partial charge in [-0.25, -0.2) is 9.97 Å². The molecule has 6 aromatic carbocycles. The number of hydrogen-bond acceptors (Lipinski definition) is 4. The summed E-state index contributed by atoms with van der Waals surface area (Å²) in [6.07, 6.45) is 0. The molecule has 44 heavy (non-hydrogen) atoms. The van der Waals surface area contributed by atoms with Gasteiger partial charge >= 0.3 is 0 Å². The van der Waals surface area contributed by atoms with Crippen LogP contribution >= 0.6 is 11.3 Å². The molecular weight excluding hydrogens is 557 g/mol. The molecule has 0 spiro atoms. The molecule has 4 heteroatoms. The summed E-state index contributed by atoms with van der Waals surface area (Å²) in [5.41, 5.74) is 5.94. The summed E-state index contributed by atoms with van der Waals surface area (Å²) in [6.45, 7) is 0. The average molecular weight is 586 g/mol. The van der Waals surface area contributed by atoms with Crippen LogP contribution in [-0.4, -0.2) is 9.97 Å². The summed E-state index contributed by atoms with van der Waals surface area (Å²) < 4.78 is 51.0. The van der Waals surface area contributed by atoms with Crippen molar-refractivity contribution in [1.82, 2.24) is 9.97 Å². The number of thiophene rings is 1. The summed E-state index contributed by atoms with van der Waals surface area (Å²) in [7, 11) is 0. The fourth-order valence-electron chi connectivity index (χ4n) is 5.98. The van der Waals surface area contributed by atoms with Crippen LogP contribution in [0.3, 0.4) is 0 Å². The Morgan fingerprint density at radius 1 is 0.545 bits per heavy atom. The van der Waals surface area contributed by atoms with Crippen LogP contribution in [0.15, 0.2) is 150 Å². The molecule has 0 amide bonds. The van der Waals surface area contributed by atoms with E-state index in [1.165, 1.54) is 20.2 Å². The molecule has 0 bridgehead atoms. The van der Waals surface area contributed by atoms with E-state index < -0.39 is 18.1 Å². The van der Waals surface area contributed by atoms with Gasteiger partial charge in [0, 0.05) is 47.6 Å². The Morgan fingerprint density at radius 3 is 2.18 bits per heavy atom. The lowest BCUT2D eigenvalue weighted by Crippen LogP contribution is -1.96. The molecule has 0 saturated carbocycles. The predicted molar refractivity (Wildman–Crippen MR) is 184 cm³/mol. The van der Waals surface area contributed by atoms with Gasteiger partial charge in [-0.05, 0) is 41.5 Å². The minimum atomic E-state index is -0.450. The van der Waals surface area contributed by atoms with Crippen molar-refractivity contribution < 1.29 is 11.3 Å². The molecule has 206 valence electrons. The zero-order chi connectivity index (χ0) is 33.4. The van der Waals surface area contributed by atoms with Gasteiger partial charge in [0.25, 0.3) is 0 Å². The van der Waals surface area contributed by atoms with Crippen molar-refractivity contribution >= 4 is 53.4 Å². The lowest BCUT2D eigenvalue weighted by Gasteiger charge is -2.10. The number of aromatic nitrogens is 2. The number of rotatable bonds is 4. The molecule has 0 aliphatic rings. The van der Waals surface area contributed by atoms with E-state index in [-0.39, 0.29) is 23.3 Å². The second kappa shape index (κ2) is 10.0. The van der Waals surface area contributed by atoms with Gasteiger partial charge in [0.1, 0.15) is 11.2 Å². The Balaban J connectivity index is 1.26. The van der Waals surface area contributed by atoms with Gasteiger partial charge in [0.15, 0.2) is 5.82 Å². The van der Waals surface area contributed by atoms with Crippen molar-refractivity contribution in [1.29, 1.82) is 0 Å². The van der Waals surface area contributed by atoms with Crippen molar-refractivity contribution in [2.75, 3.05) is 0 Å². The first-order chi connectivity index (χ1) is 23.9. The van der Waals surface area contributed by atoms with Crippen molar-refractivity contribution in [2.45, 2.75) is 0 Å². The highest BCUT2D eigenvalue weighted by Gasteiger charge is 2.18. The highest BCUT2D eigenvalue weighted by Crippen LogP contribution is 2.42. The third-order valence-electron chi connectivity index (χ3n) is 8.01. The van der Waals surface area contributed by atoms with E-state index in [0.717, 1.165) is 33.0 Å². The second-order valence-electron chi connectivity index (χ2n) is 10.6. The zero-order valence-corrected chi connectivity index (χ0v) is 24.0. The maximum absolute atomic E-state index is 8.66. The molecule has 3 nitrogen and oxygen atoms in total. The molecule has 9 rings (SSSR count). The van der Waals surface area contributed by atoms with Crippen LogP contribution in [0.1, 0.15) is 6.85 Å². The van der Waals surface area contributed by atoms with Crippen LogP contribution < -0.4 is 0 Å². The van der Waals surface area contributed by atoms with Gasteiger partial charge in [-0.1, -0.05) is 115 Å². The van der Waals surface area contributed by atoms with E-state index in [1.807, 2.05) is 48.5 Å². The lowest BCUT2D eigenvalue weighted by molar-refractivity contribution is 0.669. The van der Waals surface area contributed by atoms with Crippen LogP contribution in [0, 0.1) is 0 Å². The quantitative estimate of drug-likeness (QED) is 0.206. The van der Waals surface area contributed by atoms with Gasteiger partial charge in [-0.15, -0.1) is 11.3 Å². The summed E-state index contributed by atoms with van der Waals surface area (Å²) in [4.78, 5) is 9.84. The molecule has 0 atom stereocenters. The van der Waals surface area contributed by atoms with Crippen LogP contribution in [0.25, 0.3) is 87.1 Å². The average Bonchev–Trinajstić information content (AvgIpc) is 3.71. The van der Waals surface area contributed by atoms with Crippen LogP contribution in [-0.2, 0) is 0 Å². The van der Waals surface area contributed by atoms with Gasteiger partial charge < -0.3 is 4.42 Å². The topological polar surface area (TPSA) is 38.9 Å². The SMILES string of the molecule is [2H]c1c([2H])c([2H])c(-c2cc(-c3ccccc3)nc(-c3cccc4oc5cc(-c6cccc7c6sc6ccccc67)ccc5c34)n2)c([2H])c1[2H]. The smallest absolute Gasteiger partial charge is 0.161 e. The van der Waals surface area contributed by atoms with Crippen LogP contribution in [0.4, 0.5) is 0 Å². The van der Waals surface area contributed by atoms with Gasteiger partial charge in [0.2, 0.25) is 0 Å². The van der Waals surface area contributed by atoms with E-state index in [4.69, 9.17) is 21.2 Å². The number of furan rings is 1. The lowest BCUT2D eigenvalue weighted by atomic mass is 10.00. The van der Waals surface area contributed by atoms with Gasteiger partial charge in [-0.3, -0.25) is 0 Å². The van der Waals surface area contributed by atoms with Crippen LogP contribution in [0.2, 0.25) is 0 Å². The molecule has 0 aliphatic carbocycles. The number of benzene rings is 6. The maximum Gasteiger partial charge on any atom is 0.161 e. The van der Waals surface area contributed by atoms with E-state index in [0.29, 0.717) is 22.7 Å². The fraction of sp³-hybridized carbons (Fsp3) is 0. The van der Waals surface area contributed by atoms with E-state index in [1.54, 1.807) is 17.4 Å². The predicted octanol–water partition coefficient (Wildman–Crippen LogP) is 11.4. The number of fused-ring (bicyclic) bond motifs is 6. The van der Waals surface area contributed by atoms with E-state index >= 15 is 0 Å². The molecule has 0 unspecified atom stereocenters. The summed E-state index contributed by atoms with van der Waals surface area (Å²) in [6, 6.07) is 36.2. The monoisotopic (exact) mass is 585 g/mol. The van der Waals surface area contributed by atoms with E-state index in [2.05, 4.69) is 60.7 Å². The van der Waals surface area contributed by atoms with E-state index in [9.17, 15) is 0 Å². The van der Waals surface area contributed by atoms with Gasteiger partial charge in [-0.2, -0.15) is 0 Å². The third-order valence-corrected chi connectivity index (χ3v) is 9.22. The Labute approximate surface area is 264 Å². The Morgan fingerprint density at radius 2 is 1.30 bits per heavy atom. The molecular formula is C40H24N2OS. The zero-order valence-electron chi connectivity index (χ0n) is 28.2. The molecule has 3 heterocycles. The second-order valence-corrected chi connectivity index (χ2v) is 11.7. The summed E-state index contributed by atoms with van der Waals surface area (Å²) in [5.74, 6) is 0.357. The first-order valence-electron chi connectivity index (χ1n) is 16.8. The fourth-order valence-corrected chi connectivity index (χ4v) is 7.22. The Hall–Kier alpha value is -5.58. The first-order valence-corrected chi connectivity index (χ1v) is 15.1. The highest BCUT2D eigenvalue weighted by molar-refractivity contribution is 7.26. The normalized spacial score (nSPS) is 13.2. The maximum atomic E-state index is 8.66. The molecule has 3 aromatic heterocycles.